The Balaban J connectivity index is 0.989. The second kappa shape index (κ2) is 22.9. The van der Waals surface area contributed by atoms with Gasteiger partial charge in [0.1, 0.15) is 0 Å². The lowest BCUT2D eigenvalue weighted by molar-refractivity contribution is -0.137. The molecule has 0 fully saturated rings. The fourth-order valence-corrected chi connectivity index (χ4v) is 13.1. The zero-order chi connectivity index (χ0) is 62.7. The van der Waals surface area contributed by atoms with Crippen LogP contribution in [0, 0.1) is 13.5 Å². The molecule has 0 atom stereocenters. The van der Waals surface area contributed by atoms with Gasteiger partial charge in [0, 0.05) is 66.1 Å². The fourth-order valence-electron chi connectivity index (χ4n) is 13.1. The molecular weight excluding hydrogens is 1150 g/mol. The van der Waals surface area contributed by atoms with Crippen LogP contribution in [0.4, 0.5) is 18.9 Å². The average molecular weight is 1200 g/mol. The van der Waals surface area contributed by atoms with Crippen LogP contribution in [0.15, 0.2) is 297 Å². The molecule has 10 aromatic carbocycles. The summed E-state index contributed by atoms with van der Waals surface area (Å²) in [5, 5.41) is 3.52. The number of nitrogens with zero attached hydrogens (tertiary/aromatic N) is 7. The van der Waals surface area contributed by atoms with Crippen LogP contribution in [0.25, 0.3) is 161 Å². The first-order valence-corrected chi connectivity index (χ1v) is 30.6. The van der Waals surface area contributed by atoms with Crippen LogP contribution < -0.4 is 0 Å². The molecular formula is C83H52F3N7. The zero-order valence-corrected chi connectivity index (χ0v) is 50.1. The summed E-state index contributed by atoms with van der Waals surface area (Å²) >= 11 is 0. The number of aryl methyl sites for hydroxylation is 1. The minimum absolute atomic E-state index is 0.0553. The van der Waals surface area contributed by atoms with E-state index in [1.165, 1.54) is 6.07 Å². The lowest BCUT2D eigenvalue weighted by Gasteiger charge is -2.22. The largest absolute Gasteiger partial charge is 0.416 e. The standard InChI is InChI=1S/C83H52F3N7/c1-52-20-15-29-66(83(84,85)86)82(52)65-50-80(92-76-42-38-57(71-34-16-30-67(88-71)53-21-7-3-8-22-53)46-61(76)62-47-58(39-43-77(62)92)72-35-17-31-68(89-72)54-23-9-4-10-24-54)81(51-75(65)87-2)93-78-44-40-59(73-36-18-32-69(90-73)55-25-11-5-12-26-55)48-63(78)64-49-60(41-45-79(64)93)74-37-19-33-70(91-74)56-27-13-6-14-28-56/h3-51H,1H3. The molecule has 0 saturated heterocycles. The first-order chi connectivity index (χ1) is 45.6. The number of hydrogen-bond donors (Lipinski definition) is 0. The number of pyridine rings is 4. The Morgan fingerprint density at radius 3 is 0.903 bits per heavy atom. The predicted octanol–water partition coefficient (Wildman–Crippen LogP) is 22.3. The van der Waals surface area contributed by atoms with Gasteiger partial charge < -0.3 is 9.13 Å². The molecule has 10 heteroatoms. The van der Waals surface area contributed by atoms with Crippen molar-refractivity contribution in [1.82, 2.24) is 29.1 Å². The first-order valence-electron chi connectivity index (χ1n) is 30.6. The highest BCUT2D eigenvalue weighted by molar-refractivity contribution is 6.14. The van der Waals surface area contributed by atoms with Gasteiger partial charge in [-0.3, -0.25) is 0 Å². The summed E-state index contributed by atoms with van der Waals surface area (Å²) in [5.74, 6) is 0. The Bertz CT molecular complexity index is 5350. The van der Waals surface area contributed by atoms with Crippen LogP contribution in [0.5, 0.6) is 0 Å². The van der Waals surface area contributed by atoms with E-state index >= 15 is 13.2 Å². The Labute approximate surface area is 534 Å². The summed E-state index contributed by atoms with van der Waals surface area (Å²) in [4.78, 5) is 25.0. The molecule has 6 heterocycles. The van der Waals surface area contributed by atoms with Crippen LogP contribution >= 0.6 is 0 Å². The van der Waals surface area contributed by atoms with Crippen molar-refractivity contribution in [3.8, 4) is 113 Å². The summed E-state index contributed by atoms with van der Waals surface area (Å²) < 4.78 is 51.1. The smallest absolute Gasteiger partial charge is 0.308 e. The molecule has 0 saturated carbocycles. The van der Waals surface area contributed by atoms with Gasteiger partial charge in [-0.15, -0.1) is 0 Å². The van der Waals surface area contributed by atoms with E-state index in [1.54, 1.807) is 25.1 Å². The molecule has 0 aliphatic heterocycles. The van der Waals surface area contributed by atoms with Crippen LogP contribution in [0.1, 0.15) is 11.1 Å². The number of hydrogen-bond acceptors (Lipinski definition) is 4. The lowest BCUT2D eigenvalue weighted by Crippen LogP contribution is -2.09. The summed E-state index contributed by atoms with van der Waals surface area (Å²) in [6.45, 7) is 10.6. The highest BCUT2D eigenvalue weighted by Gasteiger charge is 2.35. The van der Waals surface area contributed by atoms with E-state index in [0.29, 0.717) is 16.9 Å². The molecule has 0 aliphatic rings. The van der Waals surface area contributed by atoms with E-state index in [2.05, 4.69) is 86.8 Å². The number of alkyl halides is 3. The van der Waals surface area contributed by atoms with Crippen molar-refractivity contribution in [3.63, 3.8) is 0 Å². The molecule has 93 heavy (non-hydrogen) atoms. The molecule has 0 aliphatic carbocycles. The maximum absolute atomic E-state index is 15.6. The van der Waals surface area contributed by atoms with Crippen molar-refractivity contribution in [3.05, 3.63) is 320 Å². The normalized spacial score (nSPS) is 11.6. The Morgan fingerprint density at radius 2 is 0.602 bits per heavy atom. The minimum atomic E-state index is -4.75. The van der Waals surface area contributed by atoms with E-state index in [9.17, 15) is 0 Å². The van der Waals surface area contributed by atoms with Crippen LogP contribution in [-0.2, 0) is 6.18 Å². The van der Waals surface area contributed by atoms with Crippen LogP contribution in [-0.4, -0.2) is 29.1 Å². The quantitative estimate of drug-likeness (QED) is 0.121. The highest BCUT2D eigenvalue weighted by atomic mass is 19.4. The second-order valence-corrected chi connectivity index (χ2v) is 23.2. The van der Waals surface area contributed by atoms with E-state index in [4.69, 9.17) is 26.5 Å². The van der Waals surface area contributed by atoms with Crippen molar-refractivity contribution in [1.29, 1.82) is 0 Å². The summed E-state index contributed by atoms with van der Waals surface area (Å²) in [5.41, 5.74) is 17.8. The Hall–Kier alpha value is -12.3. The first kappa shape index (κ1) is 56.0. The van der Waals surface area contributed by atoms with Crippen molar-refractivity contribution < 1.29 is 13.2 Å². The van der Waals surface area contributed by atoms with Crippen LogP contribution in [0.2, 0.25) is 0 Å². The fraction of sp³-hybridized carbons (Fsp3) is 0.0241. The van der Waals surface area contributed by atoms with Crippen molar-refractivity contribution in [2.75, 3.05) is 0 Å². The minimum Gasteiger partial charge on any atom is -0.308 e. The van der Waals surface area contributed by atoms with E-state index < -0.39 is 11.7 Å². The third-order valence-electron chi connectivity index (χ3n) is 17.5. The molecule has 7 nitrogen and oxygen atoms in total. The van der Waals surface area contributed by atoms with Gasteiger partial charge in [-0.1, -0.05) is 182 Å². The molecule has 6 aromatic heterocycles. The molecule has 0 spiro atoms. The third kappa shape index (κ3) is 10.1. The van der Waals surface area contributed by atoms with Crippen molar-refractivity contribution in [2.45, 2.75) is 13.1 Å². The van der Waals surface area contributed by atoms with Gasteiger partial charge >= 0.3 is 6.18 Å². The molecule has 440 valence electrons. The second-order valence-electron chi connectivity index (χ2n) is 23.2. The van der Waals surface area contributed by atoms with Gasteiger partial charge in [-0.2, -0.15) is 13.2 Å². The van der Waals surface area contributed by atoms with E-state index in [-0.39, 0.29) is 16.8 Å². The molecule has 0 unspecified atom stereocenters. The molecule has 0 bridgehead atoms. The maximum Gasteiger partial charge on any atom is 0.416 e. The van der Waals surface area contributed by atoms with Crippen LogP contribution in [0.3, 0.4) is 0 Å². The zero-order valence-electron chi connectivity index (χ0n) is 50.1. The highest BCUT2D eigenvalue weighted by Crippen LogP contribution is 2.49. The molecule has 0 N–H and O–H groups in total. The van der Waals surface area contributed by atoms with Crippen molar-refractivity contribution >= 4 is 49.3 Å². The molecule has 16 rings (SSSR count). The maximum atomic E-state index is 15.6. The topological polar surface area (TPSA) is 65.8 Å². The molecule has 0 amide bonds. The van der Waals surface area contributed by atoms with Gasteiger partial charge in [0.25, 0.3) is 0 Å². The summed E-state index contributed by atoms with van der Waals surface area (Å²) in [7, 11) is 0. The third-order valence-corrected chi connectivity index (χ3v) is 17.5. The molecule has 0 radical (unpaired) electrons. The number of fused-ring (bicyclic) bond motifs is 6. The number of halogens is 3. The summed E-state index contributed by atoms with van der Waals surface area (Å²) in [6.07, 6.45) is -4.75. The Kier molecular flexibility index (Phi) is 13.8. The monoisotopic (exact) mass is 1200 g/mol. The van der Waals surface area contributed by atoms with Gasteiger partial charge in [-0.25, -0.2) is 24.8 Å². The van der Waals surface area contributed by atoms with Gasteiger partial charge in [0.05, 0.1) is 91.1 Å². The van der Waals surface area contributed by atoms with Gasteiger partial charge in [0.2, 0.25) is 0 Å². The SMILES string of the molecule is [C-]#[N+]c1cc(-n2c3ccc(-c4cccc(-c5ccccc5)n4)cc3c3cc(-c4cccc(-c5ccccc5)n4)ccc32)c(-n2c3ccc(-c4cccc(-c5ccccc5)n4)cc3c3cc(-c4cccc(-c5ccccc5)n4)ccc32)cc1-c1c(C)cccc1C(F)(F)F. The Morgan fingerprint density at radius 1 is 0.312 bits per heavy atom. The number of aromatic nitrogens is 6. The summed E-state index contributed by atoms with van der Waals surface area (Å²) in [6, 6.07) is 97.5. The lowest BCUT2D eigenvalue weighted by atomic mass is 9.92. The van der Waals surface area contributed by atoms with Gasteiger partial charge in [-0.05, 0) is 139 Å². The van der Waals surface area contributed by atoms with E-state index in [0.717, 1.165) is 140 Å². The number of benzene rings is 10. The van der Waals surface area contributed by atoms with Crippen molar-refractivity contribution in [2.24, 2.45) is 0 Å². The average Bonchev–Trinajstić information content (AvgIpc) is 1.58. The molecule has 16 aromatic rings. The number of rotatable bonds is 11. The van der Waals surface area contributed by atoms with E-state index in [1.807, 2.05) is 194 Å². The van der Waals surface area contributed by atoms with Gasteiger partial charge in [0.15, 0.2) is 5.69 Å². The predicted molar refractivity (Wildman–Crippen MR) is 371 cm³/mol.